The van der Waals surface area contributed by atoms with Crippen molar-refractivity contribution in [3.63, 3.8) is 0 Å². The molecule has 1 aliphatic rings. The molecule has 84 valence electrons. The van der Waals surface area contributed by atoms with Gasteiger partial charge in [-0.15, -0.1) is 0 Å². The van der Waals surface area contributed by atoms with E-state index in [2.05, 4.69) is 10.6 Å². The van der Waals surface area contributed by atoms with Crippen molar-refractivity contribution in [3.8, 4) is 5.75 Å². The summed E-state index contributed by atoms with van der Waals surface area (Å²) in [5.41, 5.74) is 1.22. The first kappa shape index (κ1) is 10.8. The van der Waals surface area contributed by atoms with Gasteiger partial charge in [0, 0.05) is 12.0 Å². The molecule has 1 heterocycles. The van der Waals surface area contributed by atoms with Crippen LogP contribution in [0, 0.1) is 0 Å². The fourth-order valence-electron chi connectivity index (χ4n) is 1.68. The standard InChI is InChI=1S/C10H9ClN2O3/c11-6-3-7(12-4-14)10(16)5-1-2-8(15)13-9(5)6/h3-4,16H,1-2H2,(H,12,14)(H,13,15). The molecule has 0 unspecified atom stereocenters. The summed E-state index contributed by atoms with van der Waals surface area (Å²) in [6, 6.07) is 1.40. The Morgan fingerprint density at radius 3 is 2.94 bits per heavy atom. The normalized spacial score (nSPS) is 13.9. The second-order valence-electron chi connectivity index (χ2n) is 3.42. The number of amides is 2. The van der Waals surface area contributed by atoms with Crippen LogP contribution in [0.25, 0.3) is 0 Å². The Morgan fingerprint density at radius 1 is 1.50 bits per heavy atom. The van der Waals surface area contributed by atoms with Gasteiger partial charge in [0.2, 0.25) is 12.3 Å². The number of halogens is 1. The molecule has 16 heavy (non-hydrogen) atoms. The largest absolute Gasteiger partial charge is 0.505 e. The number of fused-ring (bicyclic) bond motifs is 1. The van der Waals surface area contributed by atoms with Gasteiger partial charge in [0.1, 0.15) is 5.75 Å². The predicted molar refractivity (Wildman–Crippen MR) is 59.8 cm³/mol. The van der Waals surface area contributed by atoms with Gasteiger partial charge in [-0.3, -0.25) is 9.59 Å². The number of carbonyl (C=O) groups is 2. The number of phenols is 1. The van der Waals surface area contributed by atoms with Crippen LogP contribution in [0.3, 0.4) is 0 Å². The fraction of sp³-hybridized carbons (Fsp3) is 0.200. The summed E-state index contributed by atoms with van der Waals surface area (Å²) in [4.78, 5) is 21.5. The molecule has 1 aromatic carbocycles. The van der Waals surface area contributed by atoms with Crippen LogP contribution >= 0.6 is 11.6 Å². The molecule has 6 heteroatoms. The van der Waals surface area contributed by atoms with Crippen molar-refractivity contribution in [3.05, 3.63) is 16.7 Å². The van der Waals surface area contributed by atoms with E-state index in [1.54, 1.807) is 0 Å². The van der Waals surface area contributed by atoms with E-state index < -0.39 is 0 Å². The number of benzene rings is 1. The molecular formula is C10H9ClN2O3. The van der Waals surface area contributed by atoms with Crippen molar-refractivity contribution in [1.82, 2.24) is 0 Å². The molecule has 0 atom stereocenters. The van der Waals surface area contributed by atoms with E-state index in [1.807, 2.05) is 0 Å². The molecule has 1 aromatic rings. The van der Waals surface area contributed by atoms with Crippen LogP contribution in [-0.4, -0.2) is 17.4 Å². The molecule has 0 saturated carbocycles. The molecule has 1 aliphatic heterocycles. The van der Waals surface area contributed by atoms with E-state index in [9.17, 15) is 14.7 Å². The lowest BCUT2D eigenvalue weighted by atomic mass is 10.0. The van der Waals surface area contributed by atoms with Crippen molar-refractivity contribution < 1.29 is 14.7 Å². The first-order valence-corrected chi connectivity index (χ1v) is 5.05. The molecule has 3 N–H and O–H groups in total. The van der Waals surface area contributed by atoms with Crippen LogP contribution < -0.4 is 10.6 Å². The average molecular weight is 241 g/mol. The fourth-order valence-corrected chi connectivity index (χ4v) is 1.96. The lowest BCUT2D eigenvalue weighted by Crippen LogP contribution is -2.19. The number of carbonyl (C=O) groups excluding carboxylic acids is 2. The van der Waals surface area contributed by atoms with Crippen LogP contribution in [0.15, 0.2) is 6.07 Å². The van der Waals surface area contributed by atoms with Crippen molar-refractivity contribution >= 4 is 35.3 Å². The van der Waals surface area contributed by atoms with Gasteiger partial charge >= 0.3 is 0 Å². The van der Waals surface area contributed by atoms with Crippen molar-refractivity contribution in [2.24, 2.45) is 0 Å². The second kappa shape index (κ2) is 4.02. The lowest BCUT2D eigenvalue weighted by Gasteiger charge is -2.20. The maximum absolute atomic E-state index is 11.2. The number of hydrogen-bond acceptors (Lipinski definition) is 3. The van der Waals surface area contributed by atoms with Crippen molar-refractivity contribution in [1.29, 1.82) is 0 Å². The zero-order valence-corrected chi connectivity index (χ0v) is 8.97. The van der Waals surface area contributed by atoms with Gasteiger partial charge in [-0.2, -0.15) is 0 Å². The zero-order chi connectivity index (χ0) is 11.7. The zero-order valence-electron chi connectivity index (χ0n) is 8.21. The van der Waals surface area contributed by atoms with Crippen LogP contribution in [0.5, 0.6) is 5.75 Å². The first-order valence-electron chi connectivity index (χ1n) is 4.68. The van der Waals surface area contributed by atoms with E-state index in [0.29, 0.717) is 35.5 Å². The summed E-state index contributed by atoms with van der Waals surface area (Å²) < 4.78 is 0. The SMILES string of the molecule is O=CNc1cc(Cl)c2c(c1O)CCC(=O)N2. The highest BCUT2D eigenvalue weighted by molar-refractivity contribution is 6.34. The third-order valence-electron chi connectivity index (χ3n) is 2.43. The number of hydrogen-bond donors (Lipinski definition) is 3. The molecule has 0 saturated heterocycles. The molecule has 5 nitrogen and oxygen atoms in total. The van der Waals surface area contributed by atoms with Gasteiger partial charge in [0.25, 0.3) is 0 Å². The Bertz CT molecular complexity index is 474. The molecule has 0 radical (unpaired) electrons. The Balaban J connectivity index is 2.55. The van der Waals surface area contributed by atoms with Crippen LogP contribution in [-0.2, 0) is 16.0 Å². The van der Waals surface area contributed by atoms with E-state index in [4.69, 9.17) is 11.6 Å². The van der Waals surface area contributed by atoms with Crippen molar-refractivity contribution in [2.45, 2.75) is 12.8 Å². The number of rotatable bonds is 2. The Kier molecular flexibility index (Phi) is 2.70. The summed E-state index contributed by atoms with van der Waals surface area (Å²) in [5.74, 6) is -0.184. The van der Waals surface area contributed by atoms with Gasteiger partial charge in [0.15, 0.2) is 0 Å². The smallest absolute Gasteiger partial charge is 0.224 e. The molecule has 2 rings (SSSR count). The minimum Gasteiger partial charge on any atom is -0.505 e. The van der Waals surface area contributed by atoms with Gasteiger partial charge in [-0.25, -0.2) is 0 Å². The minimum atomic E-state index is -0.134. The molecule has 0 bridgehead atoms. The van der Waals surface area contributed by atoms with Crippen LogP contribution in [0.1, 0.15) is 12.0 Å². The highest BCUT2D eigenvalue weighted by atomic mass is 35.5. The summed E-state index contributed by atoms with van der Waals surface area (Å²) in [7, 11) is 0. The second-order valence-corrected chi connectivity index (χ2v) is 3.83. The number of anilines is 2. The maximum atomic E-state index is 11.2. The van der Waals surface area contributed by atoms with Gasteiger partial charge in [0.05, 0.1) is 16.4 Å². The molecule has 0 spiro atoms. The van der Waals surface area contributed by atoms with Gasteiger partial charge < -0.3 is 15.7 Å². The molecule has 0 aromatic heterocycles. The van der Waals surface area contributed by atoms with E-state index in [-0.39, 0.29) is 17.3 Å². The molecule has 0 fully saturated rings. The van der Waals surface area contributed by atoms with E-state index >= 15 is 0 Å². The van der Waals surface area contributed by atoms with E-state index in [0.717, 1.165) is 0 Å². The van der Waals surface area contributed by atoms with Gasteiger partial charge in [-0.1, -0.05) is 11.6 Å². The molecule has 2 amide bonds. The first-order chi connectivity index (χ1) is 7.63. The maximum Gasteiger partial charge on any atom is 0.224 e. The number of aromatic hydroxyl groups is 1. The quantitative estimate of drug-likeness (QED) is 0.541. The van der Waals surface area contributed by atoms with Crippen molar-refractivity contribution in [2.75, 3.05) is 10.6 Å². The Hall–Kier alpha value is -1.75. The van der Waals surface area contributed by atoms with Crippen LogP contribution in [0.4, 0.5) is 11.4 Å². The topological polar surface area (TPSA) is 78.4 Å². The minimum absolute atomic E-state index is 0.0495. The summed E-state index contributed by atoms with van der Waals surface area (Å²) in [6.07, 6.45) is 1.15. The Labute approximate surface area is 96.4 Å². The summed E-state index contributed by atoms with van der Waals surface area (Å²) in [6.45, 7) is 0. The summed E-state index contributed by atoms with van der Waals surface area (Å²) >= 11 is 5.94. The third-order valence-corrected chi connectivity index (χ3v) is 2.73. The van der Waals surface area contributed by atoms with Crippen LogP contribution in [0.2, 0.25) is 5.02 Å². The summed E-state index contributed by atoms with van der Waals surface area (Å²) in [5, 5.41) is 15.1. The average Bonchev–Trinajstić information content (AvgIpc) is 2.26. The molecule has 0 aliphatic carbocycles. The predicted octanol–water partition coefficient (Wildman–Crippen LogP) is 1.50. The monoisotopic (exact) mass is 240 g/mol. The highest BCUT2D eigenvalue weighted by Gasteiger charge is 2.22. The van der Waals surface area contributed by atoms with Gasteiger partial charge in [-0.05, 0) is 12.5 Å². The Morgan fingerprint density at radius 2 is 2.25 bits per heavy atom. The third kappa shape index (κ3) is 1.69. The molecular weight excluding hydrogens is 232 g/mol. The highest BCUT2D eigenvalue weighted by Crippen LogP contribution is 2.41. The lowest BCUT2D eigenvalue weighted by molar-refractivity contribution is -0.116. The van der Waals surface area contributed by atoms with E-state index in [1.165, 1.54) is 6.07 Å². The number of nitrogens with one attached hydrogen (secondary N) is 2. The number of phenolic OH excluding ortho intramolecular Hbond substituents is 1.